The lowest BCUT2D eigenvalue weighted by Crippen LogP contribution is -2.36. The summed E-state index contributed by atoms with van der Waals surface area (Å²) in [5.41, 5.74) is 7.55. The maximum atomic E-state index is 5.72. The first-order valence-corrected chi connectivity index (χ1v) is 5.03. The van der Waals surface area contributed by atoms with Crippen molar-refractivity contribution in [1.82, 2.24) is 10.3 Å². The van der Waals surface area contributed by atoms with E-state index in [4.69, 9.17) is 10.5 Å². The Balaban J connectivity index is 2.07. The zero-order chi connectivity index (χ0) is 9.52. The molecule has 0 amide bonds. The van der Waals surface area contributed by atoms with Crippen molar-refractivity contribution in [2.24, 2.45) is 5.73 Å². The lowest BCUT2D eigenvalue weighted by Gasteiger charge is -2.10. The molecule has 1 atom stereocenters. The van der Waals surface area contributed by atoms with Gasteiger partial charge in [0.25, 0.3) is 0 Å². The molecule has 0 saturated carbocycles. The molecule has 1 aromatic heterocycles. The lowest BCUT2D eigenvalue weighted by molar-refractivity contribution is 0.179. The van der Waals surface area contributed by atoms with Crippen molar-refractivity contribution in [3.05, 3.63) is 16.6 Å². The van der Waals surface area contributed by atoms with Crippen LogP contribution < -0.4 is 11.1 Å². The number of hydrogen-bond donors (Lipinski definition) is 2. The predicted molar refractivity (Wildman–Crippen MR) is 53.7 cm³/mol. The average molecular weight is 201 g/mol. The van der Waals surface area contributed by atoms with E-state index in [1.807, 2.05) is 11.7 Å². The number of methoxy groups -OCH3 is 1. The van der Waals surface area contributed by atoms with Crippen molar-refractivity contribution in [2.75, 3.05) is 20.3 Å². The van der Waals surface area contributed by atoms with Crippen molar-refractivity contribution < 1.29 is 4.74 Å². The fourth-order valence-electron chi connectivity index (χ4n) is 0.983. The first-order chi connectivity index (χ1) is 6.33. The number of thiazole rings is 1. The first-order valence-electron chi connectivity index (χ1n) is 4.15. The molecule has 0 radical (unpaired) electrons. The van der Waals surface area contributed by atoms with Gasteiger partial charge in [0, 0.05) is 37.3 Å². The van der Waals surface area contributed by atoms with Crippen LogP contribution >= 0.6 is 11.3 Å². The summed E-state index contributed by atoms with van der Waals surface area (Å²) in [7, 11) is 1.66. The molecule has 1 unspecified atom stereocenters. The molecule has 13 heavy (non-hydrogen) atoms. The number of nitrogens with one attached hydrogen (secondary N) is 1. The van der Waals surface area contributed by atoms with Crippen LogP contribution in [0, 0.1) is 0 Å². The van der Waals surface area contributed by atoms with Crippen LogP contribution in [0.4, 0.5) is 0 Å². The van der Waals surface area contributed by atoms with Gasteiger partial charge >= 0.3 is 0 Å². The minimum Gasteiger partial charge on any atom is -0.383 e. The summed E-state index contributed by atoms with van der Waals surface area (Å²) in [4.78, 5) is 5.21. The second kappa shape index (κ2) is 6.04. The largest absolute Gasteiger partial charge is 0.383 e. The fourth-order valence-corrected chi connectivity index (χ4v) is 1.55. The summed E-state index contributed by atoms with van der Waals surface area (Å²) in [5, 5.41) is 3.24. The quantitative estimate of drug-likeness (QED) is 0.690. The van der Waals surface area contributed by atoms with E-state index < -0.39 is 0 Å². The second-order valence-electron chi connectivity index (χ2n) is 2.81. The molecular weight excluding hydrogens is 186 g/mol. The predicted octanol–water partition coefficient (Wildman–Crippen LogP) is 0.206. The first kappa shape index (κ1) is 10.6. The topological polar surface area (TPSA) is 60.2 Å². The number of rotatable bonds is 6. The van der Waals surface area contributed by atoms with Gasteiger partial charge in [-0.05, 0) is 0 Å². The summed E-state index contributed by atoms with van der Waals surface area (Å²) in [6.45, 7) is 2.20. The molecule has 0 saturated heterocycles. The minimum atomic E-state index is 0.0675. The van der Waals surface area contributed by atoms with Gasteiger partial charge in [-0.25, -0.2) is 0 Å². The molecule has 1 aromatic rings. The minimum absolute atomic E-state index is 0.0675. The van der Waals surface area contributed by atoms with Crippen LogP contribution in [0.3, 0.4) is 0 Å². The second-order valence-corrected chi connectivity index (χ2v) is 3.78. The third-order valence-corrected chi connectivity index (χ3v) is 2.35. The normalized spacial score (nSPS) is 13.1. The Morgan fingerprint density at radius 3 is 3.23 bits per heavy atom. The van der Waals surface area contributed by atoms with Crippen LogP contribution in [0.25, 0.3) is 0 Å². The number of ether oxygens (including phenoxy) is 1. The molecule has 0 aliphatic carbocycles. The van der Waals surface area contributed by atoms with Crippen LogP contribution in [-0.2, 0) is 11.3 Å². The summed E-state index contributed by atoms with van der Waals surface area (Å²) >= 11 is 1.64. The average Bonchev–Trinajstić information content (AvgIpc) is 2.57. The van der Waals surface area contributed by atoms with Crippen molar-refractivity contribution in [3.8, 4) is 0 Å². The number of hydrogen-bond acceptors (Lipinski definition) is 5. The van der Waals surface area contributed by atoms with E-state index in [2.05, 4.69) is 10.3 Å². The van der Waals surface area contributed by atoms with Crippen LogP contribution in [0.15, 0.2) is 11.7 Å². The summed E-state index contributed by atoms with van der Waals surface area (Å²) in [6.07, 6.45) is 1.86. The van der Waals surface area contributed by atoms with Gasteiger partial charge in [-0.1, -0.05) is 0 Å². The Hall–Kier alpha value is -0.490. The van der Waals surface area contributed by atoms with E-state index in [1.165, 1.54) is 4.88 Å². The zero-order valence-electron chi connectivity index (χ0n) is 7.69. The lowest BCUT2D eigenvalue weighted by atomic mass is 10.3. The Bertz CT molecular complexity index is 215. The fraction of sp³-hybridized carbons (Fsp3) is 0.625. The van der Waals surface area contributed by atoms with Gasteiger partial charge in [-0.2, -0.15) is 0 Å². The third kappa shape index (κ3) is 4.33. The van der Waals surface area contributed by atoms with Crippen LogP contribution in [0.2, 0.25) is 0 Å². The van der Waals surface area contributed by atoms with Crippen molar-refractivity contribution in [3.63, 3.8) is 0 Å². The maximum Gasteiger partial charge on any atom is 0.0794 e. The van der Waals surface area contributed by atoms with Gasteiger partial charge < -0.3 is 15.8 Å². The van der Waals surface area contributed by atoms with E-state index in [0.717, 1.165) is 13.1 Å². The Kier molecular flexibility index (Phi) is 4.92. The molecule has 5 heteroatoms. The van der Waals surface area contributed by atoms with Crippen LogP contribution in [-0.4, -0.2) is 31.3 Å². The molecule has 1 heterocycles. The van der Waals surface area contributed by atoms with Crippen LogP contribution in [0.1, 0.15) is 4.88 Å². The van der Waals surface area contributed by atoms with Gasteiger partial charge in [0.15, 0.2) is 0 Å². The van der Waals surface area contributed by atoms with Crippen molar-refractivity contribution in [1.29, 1.82) is 0 Å². The highest BCUT2D eigenvalue weighted by atomic mass is 32.1. The maximum absolute atomic E-state index is 5.72. The molecule has 0 aromatic carbocycles. The zero-order valence-corrected chi connectivity index (χ0v) is 8.51. The monoisotopic (exact) mass is 201 g/mol. The van der Waals surface area contributed by atoms with Gasteiger partial charge in [-0.15, -0.1) is 11.3 Å². The summed E-state index contributed by atoms with van der Waals surface area (Å²) in [5.74, 6) is 0. The van der Waals surface area contributed by atoms with Gasteiger partial charge in [-0.3, -0.25) is 4.98 Å². The SMILES string of the molecule is COCC(N)CNCc1cncs1. The van der Waals surface area contributed by atoms with E-state index >= 15 is 0 Å². The molecule has 74 valence electrons. The highest BCUT2D eigenvalue weighted by Crippen LogP contribution is 2.03. The summed E-state index contributed by atoms with van der Waals surface area (Å²) in [6, 6.07) is 0.0675. The molecular formula is C8H15N3OS. The van der Waals surface area contributed by atoms with E-state index in [0.29, 0.717) is 6.61 Å². The highest BCUT2D eigenvalue weighted by Gasteiger charge is 2.00. The Labute approximate surface area is 82.1 Å². The molecule has 0 bridgehead atoms. The van der Waals surface area contributed by atoms with Crippen LogP contribution in [0.5, 0.6) is 0 Å². The molecule has 1 rings (SSSR count). The summed E-state index contributed by atoms with van der Waals surface area (Å²) < 4.78 is 4.92. The molecule has 0 fully saturated rings. The molecule has 0 aliphatic rings. The van der Waals surface area contributed by atoms with Gasteiger partial charge in [0.1, 0.15) is 0 Å². The highest BCUT2D eigenvalue weighted by molar-refractivity contribution is 7.09. The van der Waals surface area contributed by atoms with Gasteiger partial charge in [0.05, 0.1) is 12.1 Å². The number of aromatic nitrogens is 1. The van der Waals surface area contributed by atoms with Gasteiger partial charge in [0.2, 0.25) is 0 Å². The van der Waals surface area contributed by atoms with E-state index in [-0.39, 0.29) is 6.04 Å². The van der Waals surface area contributed by atoms with Crippen molar-refractivity contribution in [2.45, 2.75) is 12.6 Å². The molecule has 3 N–H and O–H groups in total. The Morgan fingerprint density at radius 2 is 2.62 bits per heavy atom. The van der Waals surface area contributed by atoms with Crippen molar-refractivity contribution >= 4 is 11.3 Å². The number of nitrogens with zero attached hydrogens (tertiary/aromatic N) is 1. The smallest absolute Gasteiger partial charge is 0.0794 e. The van der Waals surface area contributed by atoms with E-state index in [9.17, 15) is 0 Å². The molecule has 0 aliphatic heterocycles. The molecule has 0 spiro atoms. The third-order valence-electron chi connectivity index (χ3n) is 1.57. The Morgan fingerprint density at radius 1 is 1.77 bits per heavy atom. The van der Waals surface area contributed by atoms with E-state index in [1.54, 1.807) is 18.4 Å². The standard InChI is InChI=1S/C8H15N3OS/c1-12-5-7(9)2-10-3-8-4-11-6-13-8/h4,6-7,10H,2-3,5,9H2,1H3. The molecule has 4 nitrogen and oxygen atoms in total. The number of nitrogens with two attached hydrogens (primary N) is 1.